The Balaban J connectivity index is 2.18. The van der Waals surface area contributed by atoms with Crippen molar-refractivity contribution in [2.45, 2.75) is 44.9 Å². The van der Waals surface area contributed by atoms with Crippen LogP contribution < -0.4 is 0 Å². The van der Waals surface area contributed by atoms with Gasteiger partial charge in [-0.15, -0.1) is 0 Å². The Morgan fingerprint density at radius 3 is 2.94 bits per heavy atom. The van der Waals surface area contributed by atoms with Crippen LogP contribution in [-0.4, -0.2) is 0 Å². The second kappa shape index (κ2) is 4.03. The van der Waals surface area contributed by atoms with E-state index < -0.39 is 0 Å². The molecule has 0 nitrogen and oxygen atoms in total. The molecule has 0 amide bonds. The Kier molecular flexibility index (Phi) is 2.67. The topological polar surface area (TPSA) is 0 Å². The molecule has 0 heterocycles. The summed E-state index contributed by atoms with van der Waals surface area (Å²) < 4.78 is 1.41. The SMILES string of the molecule is CCC1C=Cc2cc3c(c(Br)c21)CCCC3. The molecule has 0 saturated carbocycles. The molecule has 1 aromatic carbocycles. The molecule has 0 spiro atoms. The Bertz CT molecular complexity index is 457. The molecule has 0 aliphatic heterocycles. The largest absolute Gasteiger partial charge is 0.0764 e. The lowest BCUT2D eigenvalue weighted by molar-refractivity contribution is 0.679. The number of allylic oxidation sites excluding steroid dienone is 1. The minimum Gasteiger partial charge on any atom is -0.0764 e. The first-order valence-electron chi connectivity index (χ1n) is 6.33. The van der Waals surface area contributed by atoms with E-state index in [4.69, 9.17) is 0 Å². The lowest BCUT2D eigenvalue weighted by atomic mass is 9.86. The van der Waals surface area contributed by atoms with E-state index in [-0.39, 0.29) is 0 Å². The average molecular weight is 277 g/mol. The van der Waals surface area contributed by atoms with Gasteiger partial charge in [-0.3, -0.25) is 0 Å². The standard InChI is InChI=1S/C15H17Br/c1-2-10-7-8-12-9-11-5-3-4-6-13(11)15(16)14(10)12/h7-10H,2-6H2,1H3. The van der Waals surface area contributed by atoms with Crippen molar-refractivity contribution in [1.82, 2.24) is 0 Å². The normalized spacial score (nSPS) is 22.0. The van der Waals surface area contributed by atoms with E-state index in [0.29, 0.717) is 5.92 Å². The van der Waals surface area contributed by atoms with Crippen molar-refractivity contribution in [1.29, 1.82) is 0 Å². The molecule has 1 heteroatoms. The van der Waals surface area contributed by atoms with Gasteiger partial charge in [0.2, 0.25) is 0 Å². The predicted octanol–water partition coefficient (Wildman–Crippen LogP) is 4.85. The summed E-state index contributed by atoms with van der Waals surface area (Å²) in [7, 11) is 0. The molecule has 1 atom stereocenters. The highest BCUT2D eigenvalue weighted by Gasteiger charge is 2.24. The molecule has 2 aliphatic rings. The van der Waals surface area contributed by atoms with Crippen molar-refractivity contribution in [2.75, 3.05) is 0 Å². The molecule has 3 rings (SSSR count). The van der Waals surface area contributed by atoms with E-state index in [1.807, 2.05) is 0 Å². The number of hydrogen-bond acceptors (Lipinski definition) is 0. The highest BCUT2D eigenvalue weighted by Crippen LogP contribution is 2.42. The molecule has 84 valence electrons. The van der Waals surface area contributed by atoms with Gasteiger partial charge in [0.25, 0.3) is 0 Å². The van der Waals surface area contributed by atoms with Gasteiger partial charge in [0.15, 0.2) is 0 Å². The summed E-state index contributed by atoms with van der Waals surface area (Å²) in [5, 5.41) is 0. The zero-order valence-corrected chi connectivity index (χ0v) is 11.3. The molecule has 0 aromatic heterocycles. The first-order chi connectivity index (χ1) is 7.81. The van der Waals surface area contributed by atoms with Crippen LogP contribution in [0.3, 0.4) is 0 Å². The van der Waals surface area contributed by atoms with E-state index >= 15 is 0 Å². The van der Waals surface area contributed by atoms with Gasteiger partial charge < -0.3 is 0 Å². The van der Waals surface area contributed by atoms with E-state index in [1.54, 1.807) is 16.7 Å². The minimum absolute atomic E-state index is 0.636. The predicted molar refractivity (Wildman–Crippen MR) is 72.9 cm³/mol. The van der Waals surface area contributed by atoms with Gasteiger partial charge in [0, 0.05) is 10.4 Å². The average Bonchev–Trinajstić information content (AvgIpc) is 2.72. The summed E-state index contributed by atoms with van der Waals surface area (Å²) >= 11 is 3.86. The van der Waals surface area contributed by atoms with Crippen LogP contribution in [0.25, 0.3) is 6.08 Å². The summed E-state index contributed by atoms with van der Waals surface area (Å²) in [6.45, 7) is 2.27. The number of hydrogen-bond donors (Lipinski definition) is 0. The van der Waals surface area contributed by atoms with Crippen molar-refractivity contribution < 1.29 is 0 Å². The highest BCUT2D eigenvalue weighted by molar-refractivity contribution is 9.10. The lowest BCUT2D eigenvalue weighted by Crippen LogP contribution is -2.07. The fraction of sp³-hybridized carbons (Fsp3) is 0.467. The van der Waals surface area contributed by atoms with Crippen LogP contribution in [0.15, 0.2) is 16.6 Å². The van der Waals surface area contributed by atoms with E-state index in [2.05, 4.69) is 41.1 Å². The molecule has 2 aliphatic carbocycles. The summed E-state index contributed by atoms with van der Waals surface area (Å²) in [6.07, 6.45) is 11.1. The second-order valence-electron chi connectivity index (χ2n) is 4.91. The summed E-state index contributed by atoms with van der Waals surface area (Å²) in [5.41, 5.74) is 6.17. The van der Waals surface area contributed by atoms with Gasteiger partial charge in [0.1, 0.15) is 0 Å². The van der Waals surface area contributed by atoms with Crippen LogP contribution in [0.5, 0.6) is 0 Å². The maximum absolute atomic E-state index is 3.86. The summed E-state index contributed by atoms with van der Waals surface area (Å²) in [6, 6.07) is 2.43. The number of benzene rings is 1. The molecule has 0 N–H and O–H groups in total. The molecule has 0 fully saturated rings. The third-order valence-electron chi connectivity index (χ3n) is 3.97. The van der Waals surface area contributed by atoms with Crippen LogP contribution in [-0.2, 0) is 12.8 Å². The van der Waals surface area contributed by atoms with Crippen LogP contribution >= 0.6 is 15.9 Å². The number of aryl methyl sites for hydroxylation is 1. The van der Waals surface area contributed by atoms with Gasteiger partial charge in [-0.25, -0.2) is 0 Å². The number of fused-ring (bicyclic) bond motifs is 2. The maximum atomic E-state index is 3.86. The van der Waals surface area contributed by atoms with E-state index in [9.17, 15) is 0 Å². The number of rotatable bonds is 1. The molecule has 0 saturated heterocycles. The monoisotopic (exact) mass is 276 g/mol. The molecular weight excluding hydrogens is 260 g/mol. The van der Waals surface area contributed by atoms with Crippen molar-refractivity contribution >= 4 is 22.0 Å². The van der Waals surface area contributed by atoms with Gasteiger partial charge in [-0.1, -0.05) is 41.1 Å². The molecule has 1 unspecified atom stereocenters. The van der Waals surface area contributed by atoms with Gasteiger partial charge >= 0.3 is 0 Å². The fourth-order valence-corrected chi connectivity index (χ4v) is 4.04. The Hall–Kier alpha value is -0.560. The zero-order valence-electron chi connectivity index (χ0n) is 9.72. The van der Waals surface area contributed by atoms with Crippen molar-refractivity contribution in [3.8, 4) is 0 Å². The van der Waals surface area contributed by atoms with Crippen molar-refractivity contribution in [3.05, 3.63) is 38.9 Å². The Morgan fingerprint density at radius 1 is 1.31 bits per heavy atom. The summed E-state index contributed by atoms with van der Waals surface area (Å²) in [5.74, 6) is 0.636. The molecule has 0 bridgehead atoms. The Morgan fingerprint density at radius 2 is 2.12 bits per heavy atom. The highest BCUT2D eigenvalue weighted by atomic mass is 79.9. The zero-order chi connectivity index (χ0) is 11.1. The van der Waals surface area contributed by atoms with Crippen LogP contribution in [0, 0.1) is 0 Å². The smallest absolute Gasteiger partial charge is 0.0254 e. The van der Waals surface area contributed by atoms with E-state index in [1.165, 1.54) is 42.1 Å². The lowest BCUT2D eigenvalue weighted by Gasteiger charge is -2.22. The molecule has 0 radical (unpaired) electrons. The third kappa shape index (κ3) is 1.48. The Labute approximate surface area is 106 Å². The quantitative estimate of drug-likeness (QED) is 0.688. The fourth-order valence-electron chi connectivity index (χ4n) is 3.06. The van der Waals surface area contributed by atoms with Crippen molar-refractivity contribution in [3.63, 3.8) is 0 Å². The molecular formula is C15H17Br. The number of halogens is 1. The van der Waals surface area contributed by atoms with E-state index in [0.717, 1.165) is 0 Å². The minimum atomic E-state index is 0.636. The van der Waals surface area contributed by atoms with Crippen molar-refractivity contribution in [2.24, 2.45) is 0 Å². The summed E-state index contributed by atoms with van der Waals surface area (Å²) in [4.78, 5) is 0. The molecule has 1 aromatic rings. The third-order valence-corrected chi connectivity index (χ3v) is 4.88. The van der Waals surface area contributed by atoms with Gasteiger partial charge in [-0.05, 0) is 54.4 Å². The second-order valence-corrected chi connectivity index (χ2v) is 5.71. The van der Waals surface area contributed by atoms with Crippen LogP contribution in [0.4, 0.5) is 0 Å². The molecule has 16 heavy (non-hydrogen) atoms. The van der Waals surface area contributed by atoms with Crippen LogP contribution in [0.1, 0.15) is 54.4 Å². The van der Waals surface area contributed by atoms with Crippen LogP contribution in [0.2, 0.25) is 0 Å². The van der Waals surface area contributed by atoms with Gasteiger partial charge in [0.05, 0.1) is 0 Å². The maximum Gasteiger partial charge on any atom is 0.0254 e. The van der Waals surface area contributed by atoms with Gasteiger partial charge in [-0.2, -0.15) is 0 Å². The first-order valence-corrected chi connectivity index (χ1v) is 7.13. The first kappa shape index (κ1) is 10.6.